The average molecular weight is 268 g/mol. The van der Waals surface area contributed by atoms with Crippen LogP contribution in [0.3, 0.4) is 0 Å². The Balaban J connectivity index is 3.31. The highest BCUT2D eigenvalue weighted by Crippen LogP contribution is 2.27. The van der Waals surface area contributed by atoms with Crippen LogP contribution >= 0.6 is 39.1 Å². The van der Waals surface area contributed by atoms with Crippen LogP contribution < -0.4 is 0 Å². The number of benzene rings is 1. The minimum absolute atomic E-state index is 0.449. The first-order valence-electron chi connectivity index (χ1n) is 3.18. The van der Waals surface area contributed by atoms with Gasteiger partial charge in [0.15, 0.2) is 0 Å². The summed E-state index contributed by atoms with van der Waals surface area (Å²) in [6.45, 7) is 1.82. The van der Waals surface area contributed by atoms with Crippen LogP contribution in [0, 0.1) is 6.92 Å². The van der Waals surface area contributed by atoms with Crippen molar-refractivity contribution < 1.29 is 4.79 Å². The first-order chi connectivity index (χ1) is 5.52. The maximum absolute atomic E-state index is 10.8. The summed E-state index contributed by atoms with van der Waals surface area (Å²) in [4.78, 5) is 10.8. The summed E-state index contributed by atoms with van der Waals surface area (Å²) in [6.07, 6.45) is 0. The Hall–Kier alpha value is -0.0500. The fourth-order valence-electron chi connectivity index (χ4n) is 0.840. The third-order valence-corrected chi connectivity index (χ3v) is 3.01. The third-order valence-electron chi connectivity index (χ3n) is 1.44. The second-order valence-electron chi connectivity index (χ2n) is 2.36. The van der Waals surface area contributed by atoms with Crippen LogP contribution in [-0.2, 0) is 0 Å². The van der Waals surface area contributed by atoms with Gasteiger partial charge in [0.25, 0.3) is 5.24 Å². The number of hydrogen-bond donors (Lipinski definition) is 0. The third kappa shape index (κ3) is 2.00. The molecule has 0 spiro atoms. The van der Waals surface area contributed by atoms with Gasteiger partial charge in [0.2, 0.25) is 0 Å². The lowest BCUT2D eigenvalue weighted by atomic mass is 10.1. The summed E-state index contributed by atoms with van der Waals surface area (Å²) >= 11 is 14.4. The van der Waals surface area contributed by atoms with E-state index in [1.807, 2.05) is 6.92 Å². The van der Waals surface area contributed by atoms with Crippen LogP contribution in [0.15, 0.2) is 16.6 Å². The van der Waals surface area contributed by atoms with Gasteiger partial charge in [-0.3, -0.25) is 4.79 Å². The van der Waals surface area contributed by atoms with Gasteiger partial charge in [-0.2, -0.15) is 0 Å². The van der Waals surface area contributed by atoms with Crippen molar-refractivity contribution in [2.45, 2.75) is 6.92 Å². The quantitative estimate of drug-likeness (QED) is 0.708. The van der Waals surface area contributed by atoms with E-state index in [4.69, 9.17) is 23.2 Å². The first-order valence-corrected chi connectivity index (χ1v) is 4.72. The molecule has 1 aromatic carbocycles. The van der Waals surface area contributed by atoms with Crippen molar-refractivity contribution in [1.82, 2.24) is 0 Å². The zero-order valence-corrected chi connectivity index (χ0v) is 9.29. The molecule has 1 nitrogen and oxygen atoms in total. The Morgan fingerprint density at radius 3 is 2.50 bits per heavy atom. The van der Waals surface area contributed by atoms with Gasteiger partial charge in [0.1, 0.15) is 0 Å². The molecule has 4 heteroatoms. The monoisotopic (exact) mass is 266 g/mol. The van der Waals surface area contributed by atoms with Gasteiger partial charge in [-0.15, -0.1) is 0 Å². The number of halogens is 3. The lowest BCUT2D eigenvalue weighted by Crippen LogP contribution is -1.90. The summed E-state index contributed by atoms with van der Waals surface area (Å²) in [5.41, 5.74) is 1.28. The topological polar surface area (TPSA) is 17.1 Å². The van der Waals surface area contributed by atoms with E-state index in [1.165, 1.54) is 0 Å². The number of aryl methyl sites for hydroxylation is 1. The van der Waals surface area contributed by atoms with Gasteiger partial charge in [-0.05, 0) is 52.2 Å². The molecule has 12 heavy (non-hydrogen) atoms. The summed E-state index contributed by atoms with van der Waals surface area (Å²) in [7, 11) is 0. The van der Waals surface area contributed by atoms with E-state index in [2.05, 4.69) is 15.9 Å². The molecule has 0 aromatic heterocycles. The summed E-state index contributed by atoms with van der Waals surface area (Å²) in [5, 5.41) is 0.132. The molecule has 0 saturated heterocycles. The number of carbonyl (C=O) groups is 1. The van der Waals surface area contributed by atoms with E-state index in [0.717, 1.165) is 5.56 Å². The van der Waals surface area contributed by atoms with Crippen molar-refractivity contribution in [3.8, 4) is 0 Å². The molecule has 0 bridgehead atoms. The fraction of sp³-hybridized carbons (Fsp3) is 0.125. The van der Waals surface area contributed by atoms with E-state index in [1.54, 1.807) is 12.1 Å². The minimum atomic E-state index is -0.476. The van der Waals surface area contributed by atoms with Crippen LogP contribution in [0.1, 0.15) is 15.9 Å². The number of rotatable bonds is 1. The molecule has 0 atom stereocenters. The Kier molecular flexibility index (Phi) is 3.16. The molecule has 0 aliphatic carbocycles. The molecule has 64 valence electrons. The van der Waals surface area contributed by atoms with Crippen LogP contribution in [0.2, 0.25) is 5.02 Å². The molecule has 0 saturated carbocycles. The van der Waals surface area contributed by atoms with Crippen LogP contribution in [0.5, 0.6) is 0 Å². The molecular weight excluding hydrogens is 263 g/mol. The molecule has 0 aliphatic heterocycles. The summed E-state index contributed by atoms with van der Waals surface area (Å²) < 4.78 is 0.688. The Labute approximate surface area is 88.8 Å². The maximum atomic E-state index is 10.8. The minimum Gasteiger partial charge on any atom is -0.276 e. The van der Waals surface area contributed by atoms with Crippen molar-refractivity contribution >= 4 is 44.4 Å². The largest absolute Gasteiger partial charge is 0.276 e. The van der Waals surface area contributed by atoms with Gasteiger partial charge >= 0.3 is 0 Å². The second-order valence-corrected chi connectivity index (χ2v) is 3.94. The molecule has 0 unspecified atom stereocenters. The lowest BCUT2D eigenvalue weighted by Gasteiger charge is -2.02. The van der Waals surface area contributed by atoms with E-state index in [9.17, 15) is 4.79 Å². The van der Waals surface area contributed by atoms with E-state index in [-0.39, 0.29) is 0 Å². The summed E-state index contributed by atoms with van der Waals surface area (Å²) in [6, 6.07) is 3.26. The van der Waals surface area contributed by atoms with Gasteiger partial charge < -0.3 is 0 Å². The molecule has 1 aromatic rings. The smallest absolute Gasteiger partial charge is 0.252 e. The van der Waals surface area contributed by atoms with Crippen molar-refractivity contribution in [3.05, 3.63) is 32.8 Å². The summed E-state index contributed by atoms with van der Waals surface area (Å²) in [5.74, 6) is 0. The van der Waals surface area contributed by atoms with Crippen LogP contribution in [0.25, 0.3) is 0 Å². The zero-order valence-electron chi connectivity index (χ0n) is 6.20. The molecule has 0 heterocycles. The molecule has 0 fully saturated rings. The Morgan fingerprint density at radius 2 is 2.08 bits per heavy atom. The Bertz CT molecular complexity index is 313. The predicted molar refractivity (Wildman–Crippen MR) is 54.1 cm³/mol. The molecule has 0 amide bonds. The molecule has 1 rings (SSSR count). The first kappa shape index (κ1) is 10.0. The fourth-order valence-corrected chi connectivity index (χ4v) is 1.62. The van der Waals surface area contributed by atoms with E-state index < -0.39 is 5.24 Å². The number of carbonyl (C=O) groups excluding carboxylic acids is 1. The van der Waals surface area contributed by atoms with Crippen molar-refractivity contribution in [1.29, 1.82) is 0 Å². The van der Waals surface area contributed by atoms with E-state index in [0.29, 0.717) is 15.1 Å². The molecule has 0 aliphatic rings. The predicted octanol–water partition coefficient (Wildman–Crippen LogP) is 3.79. The van der Waals surface area contributed by atoms with Crippen molar-refractivity contribution in [2.75, 3.05) is 0 Å². The molecule has 0 radical (unpaired) electrons. The highest BCUT2D eigenvalue weighted by atomic mass is 79.9. The maximum Gasteiger partial charge on any atom is 0.252 e. The van der Waals surface area contributed by atoms with E-state index >= 15 is 0 Å². The van der Waals surface area contributed by atoms with Crippen LogP contribution in [-0.4, -0.2) is 5.24 Å². The highest BCUT2D eigenvalue weighted by Gasteiger charge is 2.07. The van der Waals surface area contributed by atoms with Gasteiger partial charge in [0, 0.05) is 10.0 Å². The van der Waals surface area contributed by atoms with Crippen LogP contribution in [0.4, 0.5) is 0 Å². The normalized spacial score (nSPS) is 10.0. The standard InChI is InChI=1S/C8H5BrCl2O/c1-4-2-5(8(11)12)3-6(9)7(4)10/h2-3H,1H3. The molecular formula is C8H5BrCl2O. The van der Waals surface area contributed by atoms with Gasteiger partial charge in [-0.1, -0.05) is 11.6 Å². The molecule has 0 N–H and O–H groups in total. The lowest BCUT2D eigenvalue weighted by molar-refractivity contribution is 0.108. The SMILES string of the molecule is Cc1cc(C(=O)Cl)cc(Br)c1Cl. The van der Waals surface area contributed by atoms with Crippen molar-refractivity contribution in [3.63, 3.8) is 0 Å². The average Bonchev–Trinajstić information content (AvgIpc) is 1.99. The number of hydrogen-bond acceptors (Lipinski definition) is 1. The van der Waals surface area contributed by atoms with Gasteiger partial charge in [0.05, 0.1) is 5.02 Å². The second kappa shape index (κ2) is 3.77. The van der Waals surface area contributed by atoms with Crippen molar-refractivity contribution in [2.24, 2.45) is 0 Å². The highest BCUT2D eigenvalue weighted by molar-refractivity contribution is 9.10. The van der Waals surface area contributed by atoms with Gasteiger partial charge in [-0.25, -0.2) is 0 Å². The zero-order chi connectivity index (χ0) is 9.30. The Morgan fingerprint density at radius 1 is 1.50 bits per heavy atom.